The third-order valence-corrected chi connectivity index (χ3v) is 16.4. The van der Waals surface area contributed by atoms with Crippen LogP contribution in [0.1, 0.15) is 59.6 Å². The summed E-state index contributed by atoms with van der Waals surface area (Å²) in [5.41, 5.74) is -1.77. The van der Waals surface area contributed by atoms with E-state index in [9.17, 15) is 84.2 Å². The number of esters is 1. The average molecular weight is 1040 g/mol. The van der Waals surface area contributed by atoms with Crippen molar-refractivity contribution < 1.29 is 112 Å². The molecule has 0 fully saturated rings. The molecule has 0 radical (unpaired) electrons. The van der Waals surface area contributed by atoms with E-state index in [1.807, 2.05) is 0 Å². The molecule has 0 aliphatic heterocycles. The number of anilines is 1. The van der Waals surface area contributed by atoms with E-state index in [1.165, 1.54) is 71.9 Å². The fraction of sp³-hybridized carbons (Fsp3) is 0.561. The number of hydrogen-bond acceptors (Lipinski definition) is 6. The van der Waals surface area contributed by atoms with Crippen LogP contribution in [0, 0.1) is 17.6 Å². The minimum atomic E-state index is -8.72. The number of ether oxygens (including phenoxy) is 3. The summed E-state index contributed by atoms with van der Waals surface area (Å²) in [6.45, 7) is 10.4. The number of carbonyl (C=O) groups excluding carboxylic acids is 2. The molecule has 0 bridgehead atoms. The molecule has 2 rings (SSSR count). The molecular weight excluding hydrogens is 992 g/mol. The van der Waals surface area contributed by atoms with Crippen molar-refractivity contribution in [3.8, 4) is 5.75 Å². The number of hydrogen-bond donors (Lipinski definition) is 1. The smallest absolute Gasteiger partial charge is 0.460 e. The first-order valence-electron chi connectivity index (χ1n) is 19.7. The molecule has 0 saturated heterocycles. The molecule has 0 aliphatic rings. The summed E-state index contributed by atoms with van der Waals surface area (Å²) in [5.74, 6) is -60.7. The third kappa shape index (κ3) is 12.0. The lowest BCUT2D eigenvalue weighted by atomic mass is 9.88. The first-order valence-corrected chi connectivity index (χ1v) is 22.0. The molecule has 0 heterocycles. The van der Waals surface area contributed by atoms with E-state index in [0.29, 0.717) is 11.6 Å². The molecule has 0 saturated carbocycles. The van der Waals surface area contributed by atoms with Crippen molar-refractivity contribution >= 4 is 26.1 Å². The van der Waals surface area contributed by atoms with Gasteiger partial charge in [-0.25, -0.2) is 18.4 Å². The van der Waals surface area contributed by atoms with E-state index in [0.717, 1.165) is 18.2 Å². The molecule has 0 aliphatic carbocycles. The van der Waals surface area contributed by atoms with Crippen molar-refractivity contribution in [2.24, 2.45) is 5.92 Å². The quantitative estimate of drug-likeness (QED) is 0.0282. The van der Waals surface area contributed by atoms with Gasteiger partial charge in [-0.1, -0.05) is 65.0 Å². The Bertz CT molecular complexity index is 2070. The first kappa shape index (κ1) is 59.4. The number of carbonyl (C=O) groups is 2. The van der Waals surface area contributed by atoms with Crippen LogP contribution < -0.4 is 10.1 Å². The zero-order chi connectivity index (χ0) is 52.9. The van der Waals surface area contributed by atoms with Gasteiger partial charge in [-0.05, 0) is 53.9 Å². The monoisotopic (exact) mass is 1040 g/mol. The minimum Gasteiger partial charge on any atom is -0.491 e. The predicted octanol–water partition coefficient (Wildman–Crippen LogP) is 14.1. The molecule has 1 amide bonds. The summed E-state index contributed by atoms with van der Waals surface area (Å²) in [6, 6.07) is 6.19. The second-order valence-corrected chi connectivity index (χ2v) is 20.9. The Kier molecular flexibility index (Phi) is 18.8. The van der Waals surface area contributed by atoms with Crippen molar-refractivity contribution in [2.45, 2.75) is 119 Å². The standard InChI is InChI=1S/C41H44F19NO6Si/c1-8-16-65-31(62)20-24(6)25(7)32(67-33(63)61-30-14-11-27(42)21-29(30)43)26-9-12-28(13-10-26)64-17-18-66-68(22(2)3,23(4)5)19-15-34(44,45)35(46,47)36(48,49)37(50,51)38(52,53)39(54,55)40(56,57)41(58,59)60/h8-14,20-23,25,32H,1,15-19H2,2-7H3,(H,61,63)/b24-20+/t25-,32-/m0/s1. The van der Waals surface area contributed by atoms with E-state index >= 15 is 8.78 Å². The molecule has 2 atom stereocenters. The van der Waals surface area contributed by atoms with Gasteiger partial charge in [0, 0.05) is 24.5 Å². The average Bonchev–Trinajstić information content (AvgIpc) is 3.21. The maximum absolute atomic E-state index is 15.0. The molecule has 2 aromatic carbocycles. The summed E-state index contributed by atoms with van der Waals surface area (Å²) >= 11 is 0. The second kappa shape index (κ2) is 21.5. The van der Waals surface area contributed by atoms with E-state index in [1.54, 1.807) is 0 Å². The zero-order valence-corrected chi connectivity index (χ0v) is 37.4. The van der Waals surface area contributed by atoms with Crippen molar-refractivity contribution in [2.75, 3.05) is 25.1 Å². The van der Waals surface area contributed by atoms with Crippen molar-refractivity contribution in [3.05, 3.63) is 84.0 Å². The number of benzene rings is 2. The molecule has 1 N–H and O–H groups in total. The summed E-state index contributed by atoms with van der Waals surface area (Å²) < 4.78 is 286. The SMILES string of the molecule is C=CCOC(=O)/C=C(\C)[C@H](C)[C@H](OC(=O)Nc1ccc(F)cc1F)c1ccc(OCCO[Si](CCC(F)(F)C(F)(F)C(F)(F)C(F)(F)C(F)(F)C(F)(F)C(F)(F)C(F)(F)F)(C(C)C)C(C)C)cc1. The maximum Gasteiger partial charge on any atom is 0.460 e. The predicted molar refractivity (Wildman–Crippen MR) is 207 cm³/mol. The highest BCUT2D eigenvalue weighted by Crippen LogP contribution is 2.64. The lowest BCUT2D eigenvalue weighted by Crippen LogP contribution is -2.74. The molecule has 68 heavy (non-hydrogen) atoms. The van der Waals surface area contributed by atoms with Crippen LogP contribution in [0.4, 0.5) is 93.9 Å². The summed E-state index contributed by atoms with van der Waals surface area (Å²) in [4.78, 5) is 25.1. The molecule has 7 nitrogen and oxygen atoms in total. The van der Waals surface area contributed by atoms with Gasteiger partial charge in [0.2, 0.25) is 0 Å². The fourth-order valence-corrected chi connectivity index (χ4v) is 11.0. The van der Waals surface area contributed by atoms with Crippen LogP contribution in [-0.4, -0.2) is 87.8 Å². The molecule has 0 aromatic heterocycles. The molecule has 2 aromatic rings. The highest BCUT2D eigenvalue weighted by molar-refractivity contribution is 6.76. The molecular formula is C41H44F19NO6Si. The van der Waals surface area contributed by atoms with Crippen molar-refractivity contribution in [1.29, 1.82) is 0 Å². The number of nitrogens with one attached hydrogen (secondary N) is 1. The molecule has 0 spiro atoms. The van der Waals surface area contributed by atoms with Crippen LogP contribution in [0.3, 0.4) is 0 Å². The van der Waals surface area contributed by atoms with Crippen LogP contribution in [0.2, 0.25) is 17.1 Å². The topological polar surface area (TPSA) is 83.1 Å². The van der Waals surface area contributed by atoms with Gasteiger partial charge in [0.1, 0.15) is 36.7 Å². The van der Waals surface area contributed by atoms with Gasteiger partial charge >= 0.3 is 59.7 Å². The Hall–Kier alpha value is -4.69. The van der Waals surface area contributed by atoms with Crippen LogP contribution in [0.5, 0.6) is 5.75 Å². The van der Waals surface area contributed by atoms with E-state index < -0.39 is 134 Å². The summed E-state index contributed by atoms with van der Waals surface area (Å²) in [6.07, 6.45) is -10.5. The Morgan fingerprint density at radius 2 is 1.21 bits per heavy atom. The largest absolute Gasteiger partial charge is 0.491 e. The second-order valence-electron chi connectivity index (χ2n) is 15.8. The third-order valence-electron chi connectivity index (χ3n) is 10.8. The highest BCUT2D eigenvalue weighted by Gasteiger charge is 2.95. The van der Waals surface area contributed by atoms with Crippen LogP contribution >= 0.6 is 0 Å². The van der Waals surface area contributed by atoms with Gasteiger partial charge in [-0.2, -0.15) is 74.6 Å². The highest BCUT2D eigenvalue weighted by atomic mass is 28.4. The lowest BCUT2D eigenvalue weighted by molar-refractivity contribution is -0.461. The fourth-order valence-electron chi connectivity index (χ4n) is 6.54. The summed E-state index contributed by atoms with van der Waals surface area (Å²) in [7, 11) is -4.07. The van der Waals surface area contributed by atoms with Crippen LogP contribution in [0.15, 0.2) is 66.8 Å². The Labute approximate surface area is 377 Å². The van der Waals surface area contributed by atoms with Gasteiger partial charge < -0.3 is 18.6 Å². The number of halogens is 19. The minimum absolute atomic E-state index is 0.0212. The van der Waals surface area contributed by atoms with Crippen molar-refractivity contribution in [3.63, 3.8) is 0 Å². The molecule has 386 valence electrons. The van der Waals surface area contributed by atoms with Crippen LogP contribution in [-0.2, 0) is 18.7 Å². The van der Waals surface area contributed by atoms with Gasteiger partial charge in [0.15, 0.2) is 8.32 Å². The normalized spacial score (nSPS) is 15.0. The Balaban J connectivity index is 2.34. The van der Waals surface area contributed by atoms with Gasteiger partial charge in [0.05, 0.1) is 12.3 Å². The van der Waals surface area contributed by atoms with E-state index in [4.69, 9.17) is 18.6 Å². The Morgan fingerprint density at radius 3 is 1.68 bits per heavy atom. The Morgan fingerprint density at radius 1 is 0.706 bits per heavy atom. The summed E-state index contributed by atoms with van der Waals surface area (Å²) in [5, 5.41) is 2.12. The number of rotatable bonds is 24. The first-order chi connectivity index (χ1) is 30.7. The maximum atomic E-state index is 15.0. The van der Waals surface area contributed by atoms with Crippen molar-refractivity contribution in [1.82, 2.24) is 0 Å². The van der Waals surface area contributed by atoms with Gasteiger partial charge in [0.25, 0.3) is 0 Å². The van der Waals surface area contributed by atoms with Gasteiger partial charge in [-0.3, -0.25) is 5.32 Å². The molecule has 0 unspecified atom stereocenters. The van der Waals surface area contributed by atoms with E-state index in [-0.39, 0.29) is 17.9 Å². The molecule has 27 heteroatoms. The zero-order valence-electron chi connectivity index (χ0n) is 36.4. The van der Waals surface area contributed by atoms with Crippen LogP contribution in [0.25, 0.3) is 0 Å². The number of alkyl halides is 17. The lowest BCUT2D eigenvalue weighted by Gasteiger charge is -2.44. The van der Waals surface area contributed by atoms with E-state index in [2.05, 4.69) is 11.9 Å². The number of amides is 1. The van der Waals surface area contributed by atoms with Gasteiger partial charge in [-0.15, -0.1) is 0 Å².